The van der Waals surface area contributed by atoms with Crippen molar-refractivity contribution in [2.75, 3.05) is 17.3 Å². The van der Waals surface area contributed by atoms with Gasteiger partial charge in [-0.2, -0.15) is 0 Å². The molecule has 4 nitrogen and oxygen atoms in total. The van der Waals surface area contributed by atoms with Crippen molar-refractivity contribution in [1.29, 1.82) is 0 Å². The normalized spacial score (nSPS) is 11.3. The van der Waals surface area contributed by atoms with Gasteiger partial charge in [-0.25, -0.2) is 8.42 Å². The third-order valence-corrected chi connectivity index (χ3v) is 4.71. The zero-order valence-corrected chi connectivity index (χ0v) is 13.7. The fraction of sp³-hybridized carbons (Fsp3) is 0.0769. The summed E-state index contributed by atoms with van der Waals surface area (Å²) in [4.78, 5) is 0.104. The van der Waals surface area contributed by atoms with Gasteiger partial charge in [0.15, 0.2) is 9.84 Å². The van der Waals surface area contributed by atoms with E-state index in [0.717, 1.165) is 16.4 Å². The van der Waals surface area contributed by atoms with Crippen LogP contribution in [0.3, 0.4) is 0 Å². The fourth-order valence-electron chi connectivity index (χ4n) is 1.71. The van der Waals surface area contributed by atoms with E-state index in [1.54, 1.807) is 30.3 Å². The molecular weight excluding hydrogens is 364 g/mol. The standard InChI is InChI=1S/C13H12BrClN2O2S/c1-20(18,19)12-4-2-3-11(13(12)16)17-10-6-5-8(15)7-9(10)14/h2-7,17H,16H2,1H3. The predicted molar refractivity (Wildman–Crippen MR) is 86.4 cm³/mol. The highest BCUT2D eigenvalue weighted by molar-refractivity contribution is 9.10. The maximum Gasteiger partial charge on any atom is 0.177 e. The molecule has 0 atom stereocenters. The Bertz CT molecular complexity index is 763. The van der Waals surface area contributed by atoms with E-state index in [1.807, 2.05) is 0 Å². The van der Waals surface area contributed by atoms with Crippen molar-refractivity contribution in [3.05, 3.63) is 45.9 Å². The molecule has 0 bridgehead atoms. The van der Waals surface area contributed by atoms with Crippen LogP contribution in [-0.4, -0.2) is 14.7 Å². The van der Waals surface area contributed by atoms with Crippen LogP contribution in [0.15, 0.2) is 45.8 Å². The lowest BCUT2D eigenvalue weighted by atomic mass is 10.2. The first-order chi connectivity index (χ1) is 9.29. The molecule has 3 N–H and O–H groups in total. The van der Waals surface area contributed by atoms with Crippen molar-refractivity contribution in [2.45, 2.75) is 4.90 Å². The summed E-state index contributed by atoms with van der Waals surface area (Å²) in [6.45, 7) is 0. The summed E-state index contributed by atoms with van der Waals surface area (Å²) in [6.07, 6.45) is 1.13. The summed E-state index contributed by atoms with van der Waals surface area (Å²) in [6, 6.07) is 10.1. The van der Waals surface area contributed by atoms with Gasteiger partial charge in [-0.3, -0.25) is 0 Å². The second kappa shape index (κ2) is 5.63. The van der Waals surface area contributed by atoms with E-state index in [2.05, 4.69) is 21.2 Å². The predicted octanol–water partition coefficient (Wildman–Crippen LogP) is 3.83. The third kappa shape index (κ3) is 3.26. The van der Waals surface area contributed by atoms with Crippen LogP contribution in [-0.2, 0) is 9.84 Å². The van der Waals surface area contributed by atoms with E-state index >= 15 is 0 Å². The van der Waals surface area contributed by atoms with Crippen LogP contribution in [0.2, 0.25) is 5.02 Å². The summed E-state index contributed by atoms with van der Waals surface area (Å²) in [5.41, 5.74) is 7.37. The van der Waals surface area contributed by atoms with Crippen molar-refractivity contribution in [3.8, 4) is 0 Å². The Morgan fingerprint density at radius 2 is 1.90 bits per heavy atom. The SMILES string of the molecule is CS(=O)(=O)c1cccc(Nc2ccc(Cl)cc2Br)c1N. The van der Waals surface area contributed by atoms with E-state index in [4.69, 9.17) is 17.3 Å². The van der Waals surface area contributed by atoms with Crippen LogP contribution < -0.4 is 11.1 Å². The Kier molecular flexibility index (Phi) is 4.27. The molecule has 0 radical (unpaired) electrons. The number of rotatable bonds is 3. The van der Waals surface area contributed by atoms with Crippen molar-refractivity contribution in [3.63, 3.8) is 0 Å². The Labute approximate surface area is 131 Å². The molecule has 0 aliphatic heterocycles. The lowest BCUT2D eigenvalue weighted by molar-refractivity contribution is 0.602. The molecule has 0 aliphatic carbocycles. The average Bonchev–Trinajstić information content (AvgIpc) is 2.33. The van der Waals surface area contributed by atoms with Gasteiger partial charge in [-0.1, -0.05) is 17.7 Å². The highest BCUT2D eigenvalue weighted by Crippen LogP contribution is 2.33. The van der Waals surface area contributed by atoms with Gasteiger partial charge >= 0.3 is 0 Å². The Morgan fingerprint density at radius 3 is 2.50 bits per heavy atom. The number of benzene rings is 2. The average molecular weight is 376 g/mol. The van der Waals surface area contributed by atoms with Crippen molar-refractivity contribution in [2.24, 2.45) is 0 Å². The minimum atomic E-state index is -3.36. The zero-order valence-electron chi connectivity index (χ0n) is 10.5. The highest BCUT2D eigenvalue weighted by atomic mass is 79.9. The number of anilines is 3. The molecule has 0 fully saturated rings. The van der Waals surface area contributed by atoms with Gasteiger partial charge in [0.05, 0.1) is 22.0 Å². The largest absolute Gasteiger partial charge is 0.396 e. The van der Waals surface area contributed by atoms with Crippen LogP contribution in [0.4, 0.5) is 17.1 Å². The monoisotopic (exact) mass is 374 g/mol. The number of nitrogens with one attached hydrogen (secondary N) is 1. The minimum absolute atomic E-state index is 0.104. The molecule has 0 amide bonds. The molecule has 0 heterocycles. The summed E-state index contributed by atoms with van der Waals surface area (Å²) in [5, 5.41) is 3.68. The maximum atomic E-state index is 11.6. The summed E-state index contributed by atoms with van der Waals surface area (Å²) in [7, 11) is -3.36. The maximum absolute atomic E-state index is 11.6. The van der Waals surface area contributed by atoms with Crippen LogP contribution >= 0.6 is 27.5 Å². The smallest absolute Gasteiger partial charge is 0.177 e. The number of para-hydroxylation sites is 1. The number of halogens is 2. The number of nitrogens with two attached hydrogens (primary N) is 1. The number of hydrogen-bond donors (Lipinski definition) is 2. The summed E-state index contributed by atoms with van der Waals surface area (Å²) in [5.74, 6) is 0. The molecular formula is C13H12BrClN2O2S. The van der Waals surface area contributed by atoms with E-state index in [9.17, 15) is 8.42 Å². The van der Waals surface area contributed by atoms with Gasteiger partial charge in [-0.15, -0.1) is 0 Å². The van der Waals surface area contributed by atoms with E-state index < -0.39 is 9.84 Å². The zero-order chi connectivity index (χ0) is 14.9. The minimum Gasteiger partial charge on any atom is -0.396 e. The highest BCUT2D eigenvalue weighted by Gasteiger charge is 2.14. The molecule has 0 saturated carbocycles. The number of sulfone groups is 1. The lowest BCUT2D eigenvalue weighted by Crippen LogP contribution is -2.05. The topological polar surface area (TPSA) is 72.2 Å². The Hall–Kier alpha value is -1.24. The molecule has 0 unspecified atom stereocenters. The number of nitrogen functional groups attached to an aromatic ring is 1. The van der Waals surface area contributed by atoms with Crippen LogP contribution in [0.25, 0.3) is 0 Å². The van der Waals surface area contributed by atoms with E-state index in [1.165, 1.54) is 6.07 Å². The molecule has 2 aromatic carbocycles. The molecule has 0 aliphatic rings. The summed E-state index contributed by atoms with van der Waals surface area (Å²) >= 11 is 9.26. The van der Waals surface area contributed by atoms with Gasteiger partial charge in [0.25, 0.3) is 0 Å². The van der Waals surface area contributed by atoms with Crippen LogP contribution in [0, 0.1) is 0 Å². The first-order valence-electron chi connectivity index (χ1n) is 5.59. The second-order valence-electron chi connectivity index (χ2n) is 4.24. The van der Waals surface area contributed by atoms with Gasteiger partial charge in [0.1, 0.15) is 0 Å². The fourth-order valence-corrected chi connectivity index (χ4v) is 3.33. The third-order valence-electron chi connectivity index (χ3n) is 2.67. The van der Waals surface area contributed by atoms with E-state index in [-0.39, 0.29) is 10.6 Å². The molecule has 0 spiro atoms. The quantitative estimate of drug-likeness (QED) is 0.800. The van der Waals surface area contributed by atoms with Gasteiger partial charge in [0, 0.05) is 15.8 Å². The van der Waals surface area contributed by atoms with Gasteiger partial charge in [-0.05, 0) is 46.3 Å². The lowest BCUT2D eigenvalue weighted by Gasteiger charge is -2.13. The molecule has 2 aromatic rings. The molecule has 106 valence electrons. The first kappa shape index (κ1) is 15.2. The second-order valence-corrected chi connectivity index (χ2v) is 7.51. The van der Waals surface area contributed by atoms with E-state index in [0.29, 0.717) is 10.7 Å². The number of hydrogen-bond acceptors (Lipinski definition) is 4. The van der Waals surface area contributed by atoms with Crippen molar-refractivity contribution >= 4 is 54.4 Å². The molecule has 7 heteroatoms. The van der Waals surface area contributed by atoms with Gasteiger partial charge < -0.3 is 11.1 Å². The molecule has 20 heavy (non-hydrogen) atoms. The van der Waals surface area contributed by atoms with Gasteiger partial charge in [0.2, 0.25) is 0 Å². The molecule has 2 rings (SSSR count). The Balaban J connectivity index is 2.45. The van der Waals surface area contributed by atoms with Crippen molar-refractivity contribution in [1.82, 2.24) is 0 Å². The Morgan fingerprint density at radius 1 is 1.20 bits per heavy atom. The molecule has 0 aromatic heterocycles. The summed E-state index contributed by atoms with van der Waals surface area (Å²) < 4.78 is 24.0. The van der Waals surface area contributed by atoms with Crippen molar-refractivity contribution < 1.29 is 8.42 Å². The van der Waals surface area contributed by atoms with Crippen LogP contribution in [0.5, 0.6) is 0 Å². The first-order valence-corrected chi connectivity index (χ1v) is 8.66. The van der Waals surface area contributed by atoms with Crippen LogP contribution in [0.1, 0.15) is 0 Å². The molecule has 0 saturated heterocycles.